The molecule has 0 aliphatic carbocycles. The maximum Gasteiger partial charge on any atom is 0.341 e. The molecular formula is C23H15Cl2NO5S. The number of amides is 2. The van der Waals surface area contributed by atoms with E-state index >= 15 is 0 Å². The SMILES string of the molecule is O=C(O)COc1c(Cl)cc(/C=C2/SC(=O)N(Cc3cccc4ccccc34)C2=O)cc1Cl. The Kier molecular flexibility index (Phi) is 6.41. The molecule has 0 saturated carbocycles. The lowest BCUT2D eigenvalue weighted by Crippen LogP contribution is -2.27. The van der Waals surface area contributed by atoms with Crippen molar-refractivity contribution in [3.63, 3.8) is 0 Å². The molecule has 0 aromatic heterocycles. The molecular weight excluding hydrogens is 473 g/mol. The highest BCUT2D eigenvalue weighted by Gasteiger charge is 2.35. The number of hydrogen-bond acceptors (Lipinski definition) is 5. The molecule has 4 rings (SSSR count). The Labute approximate surface area is 197 Å². The number of carboxylic acid groups (broad SMARTS) is 1. The van der Waals surface area contributed by atoms with Gasteiger partial charge < -0.3 is 9.84 Å². The Morgan fingerprint density at radius 2 is 1.75 bits per heavy atom. The van der Waals surface area contributed by atoms with Crippen LogP contribution in [0.5, 0.6) is 5.75 Å². The Morgan fingerprint density at radius 3 is 2.47 bits per heavy atom. The van der Waals surface area contributed by atoms with Crippen LogP contribution in [-0.2, 0) is 16.1 Å². The maximum absolute atomic E-state index is 12.9. The fourth-order valence-electron chi connectivity index (χ4n) is 3.32. The molecule has 0 radical (unpaired) electrons. The lowest BCUT2D eigenvalue weighted by Gasteiger charge is -2.14. The van der Waals surface area contributed by atoms with Gasteiger partial charge in [-0.3, -0.25) is 14.5 Å². The summed E-state index contributed by atoms with van der Waals surface area (Å²) >= 11 is 13.2. The summed E-state index contributed by atoms with van der Waals surface area (Å²) in [5, 5.41) is 10.6. The summed E-state index contributed by atoms with van der Waals surface area (Å²) in [6.07, 6.45) is 1.52. The Bertz CT molecular complexity index is 1260. The highest BCUT2D eigenvalue weighted by Crippen LogP contribution is 2.38. The van der Waals surface area contributed by atoms with Crippen molar-refractivity contribution < 1.29 is 24.2 Å². The van der Waals surface area contributed by atoms with Gasteiger partial charge in [-0.25, -0.2) is 4.79 Å². The smallest absolute Gasteiger partial charge is 0.341 e. The zero-order valence-corrected chi connectivity index (χ0v) is 18.7. The molecule has 1 aliphatic heterocycles. The molecule has 0 spiro atoms. The summed E-state index contributed by atoms with van der Waals surface area (Å²) in [4.78, 5) is 37.6. The number of halogens is 2. The van der Waals surface area contributed by atoms with Crippen LogP contribution in [0.2, 0.25) is 10.0 Å². The van der Waals surface area contributed by atoms with Gasteiger partial charge in [-0.15, -0.1) is 0 Å². The average Bonchev–Trinajstić information content (AvgIpc) is 3.00. The molecule has 2 amide bonds. The second-order valence-electron chi connectivity index (χ2n) is 6.90. The van der Waals surface area contributed by atoms with Crippen molar-refractivity contribution in [2.75, 3.05) is 6.61 Å². The van der Waals surface area contributed by atoms with Crippen molar-refractivity contribution in [1.29, 1.82) is 0 Å². The van der Waals surface area contributed by atoms with Crippen LogP contribution in [0.1, 0.15) is 11.1 Å². The van der Waals surface area contributed by atoms with E-state index in [9.17, 15) is 14.4 Å². The van der Waals surface area contributed by atoms with Gasteiger partial charge in [-0.2, -0.15) is 0 Å². The summed E-state index contributed by atoms with van der Waals surface area (Å²) in [6, 6.07) is 16.5. The summed E-state index contributed by atoms with van der Waals surface area (Å²) in [5.41, 5.74) is 1.36. The second kappa shape index (κ2) is 9.24. The topological polar surface area (TPSA) is 83.9 Å². The monoisotopic (exact) mass is 487 g/mol. The normalized spacial score (nSPS) is 15.1. The van der Waals surface area contributed by atoms with Crippen molar-refractivity contribution in [1.82, 2.24) is 4.90 Å². The fraction of sp³-hybridized carbons (Fsp3) is 0.0870. The number of fused-ring (bicyclic) bond motifs is 1. The van der Waals surface area contributed by atoms with Gasteiger partial charge in [0.25, 0.3) is 11.1 Å². The van der Waals surface area contributed by atoms with Crippen LogP contribution < -0.4 is 4.74 Å². The molecule has 1 aliphatic rings. The third-order valence-electron chi connectivity index (χ3n) is 4.74. The van der Waals surface area contributed by atoms with Crippen LogP contribution in [0.4, 0.5) is 4.79 Å². The van der Waals surface area contributed by atoms with Crippen molar-refractivity contribution in [3.05, 3.63) is 80.7 Å². The van der Waals surface area contributed by atoms with Gasteiger partial charge in [0.2, 0.25) is 0 Å². The number of carboxylic acids is 1. The Balaban J connectivity index is 1.58. The standard InChI is InChI=1S/C23H15Cl2NO5S/c24-17-8-13(9-18(25)21(17)31-12-20(27)28)10-19-22(29)26(23(30)32-19)11-15-6-3-5-14-4-1-2-7-16(14)15/h1-10H,11-12H2,(H,27,28)/b19-10+. The number of aliphatic carboxylic acids is 1. The molecule has 32 heavy (non-hydrogen) atoms. The number of imide groups is 1. The van der Waals surface area contributed by atoms with Gasteiger partial charge in [0.1, 0.15) is 0 Å². The maximum atomic E-state index is 12.9. The number of nitrogens with zero attached hydrogens (tertiary/aromatic N) is 1. The Morgan fingerprint density at radius 1 is 1.06 bits per heavy atom. The van der Waals surface area contributed by atoms with Gasteiger partial charge in [-0.05, 0) is 51.9 Å². The molecule has 9 heteroatoms. The molecule has 1 N–H and O–H groups in total. The first-order valence-electron chi connectivity index (χ1n) is 9.39. The highest BCUT2D eigenvalue weighted by molar-refractivity contribution is 8.18. The number of rotatable bonds is 6. The van der Waals surface area contributed by atoms with E-state index < -0.39 is 18.5 Å². The van der Waals surface area contributed by atoms with E-state index in [-0.39, 0.29) is 32.5 Å². The quantitative estimate of drug-likeness (QED) is 0.439. The van der Waals surface area contributed by atoms with E-state index in [1.165, 1.54) is 23.1 Å². The van der Waals surface area contributed by atoms with Gasteiger partial charge in [0.05, 0.1) is 21.5 Å². The van der Waals surface area contributed by atoms with Crippen LogP contribution in [-0.4, -0.2) is 33.7 Å². The summed E-state index contributed by atoms with van der Waals surface area (Å²) < 4.78 is 5.09. The van der Waals surface area contributed by atoms with E-state index in [1.54, 1.807) is 0 Å². The minimum absolute atomic E-state index is 0.0388. The fourth-order valence-corrected chi connectivity index (χ4v) is 4.77. The van der Waals surface area contributed by atoms with Crippen molar-refractivity contribution >= 4 is 68.9 Å². The molecule has 6 nitrogen and oxygen atoms in total. The largest absolute Gasteiger partial charge is 0.479 e. The van der Waals surface area contributed by atoms with Gasteiger partial charge >= 0.3 is 5.97 Å². The van der Waals surface area contributed by atoms with Crippen LogP contribution in [0.3, 0.4) is 0 Å². The predicted molar refractivity (Wildman–Crippen MR) is 125 cm³/mol. The van der Waals surface area contributed by atoms with E-state index in [2.05, 4.69) is 0 Å². The lowest BCUT2D eigenvalue weighted by atomic mass is 10.0. The number of carbonyl (C=O) groups is 3. The van der Waals surface area contributed by atoms with Gasteiger partial charge in [-0.1, -0.05) is 65.7 Å². The number of hydrogen-bond donors (Lipinski definition) is 1. The molecule has 162 valence electrons. The van der Waals surface area contributed by atoms with Crippen LogP contribution >= 0.6 is 35.0 Å². The molecule has 3 aromatic rings. The van der Waals surface area contributed by atoms with E-state index in [0.29, 0.717) is 5.56 Å². The van der Waals surface area contributed by atoms with Crippen molar-refractivity contribution in [3.8, 4) is 5.75 Å². The lowest BCUT2D eigenvalue weighted by molar-refractivity contribution is -0.139. The zero-order valence-electron chi connectivity index (χ0n) is 16.4. The second-order valence-corrected chi connectivity index (χ2v) is 8.71. The number of benzene rings is 3. The molecule has 0 unspecified atom stereocenters. The third kappa shape index (κ3) is 4.60. The van der Waals surface area contributed by atoms with Crippen molar-refractivity contribution in [2.45, 2.75) is 6.54 Å². The summed E-state index contributed by atoms with van der Waals surface area (Å²) in [7, 11) is 0. The van der Waals surface area contributed by atoms with Gasteiger partial charge in [0, 0.05) is 0 Å². The number of thioether (sulfide) groups is 1. The molecule has 0 atom stereocenters. The minimum Gasteiger partial charge on any atom is -0.479 e. The molecule has 1 fully saturated rings. The molecule has 1 heterocycles. The average molecular weight is 488 g/mol. The predicted octanol–water partition coefficient (Wildman–Crippen LogP) is 5.85. The number of carbonyl (C=O) groups excluding carboxylic acids is 2. The summed E-state index contributed by atoms with van der Waals surface area (Å²) in [5.74, 6) is -1.54. The first kappa shape index (κ1) is 22.2. The number of ether oxygens (including phenoxy) is 1. The Hall–Kier alpha value is -3.00. The van der Waals surface area contributed by atoms with E-state index in [1.807, 2.05) is 42.5 Å². The molecule has 1 saturated heterocycles. The summed E-state index contributed by atoms with van der Waals surface area (Å²) in [6.45, 7) is -0.432. The van der Waals surface area contributed by atoms with E-state index in [4.69, 9.17) is 33.0 Å². The van der Waals surface area contributed by atoms with Crippen LogP contribution in [0.15, 0.2) is 59.5 Å². The molecule has 0 bridgehead atoms. The van der Waals surface area contributed by atoms with Gasteiger partial charge in [0.15, 0.2) is 12.4 Å². The van der Waals surface area contributed by atoms with Crippen LogP contribution in [0, 0.1) is 0 Å². The highest BCUT2D eigenvalue weighted by atomic mass is 35.5. The minimum atomic E-state index is -1.17. The van der Waals surface area contributed by atoms with Crippen molar-refractivity contribution in [2.24, 2.45) is 0 Å². The molecule has 3 aromatic carbocycles. The van der Waals surface area contributed by atoms with E-state index in [0.717, 1.165) is 28.1 Å². The third-order valence-corrected chi connectivity index (χ3v) is 6.21. The first-order valence-corrected chi connectivity index (χ1v) is 11.0. The zero-order chi connectivity index (χ0) is 22.8. The first-order chi connectivity index (χ1) is 15.3. The van der Waals surface area contributed by atoms with Crippen LogP contribution in [0.25, 0.3) is 16.8 Å².